The van der Waals surface area contributed by atoms with Crippen LogP contribution in [0.15, 0.2) is 16.5 Å². The van der Waals surface area contributed by atoms with Gasteiger partial charge in [0, 0.05) is 12.1 Å². The molecule has 0 spiro atoms. The van der Waals surface area contributed by atoms with Crippen LogP contribution in [0, 0.1) is 12.8 Å². The molecular weight excluding hydrogens is 252 g/mol. The van der Waals surface area contributed by atoms with Crippen LogP contribution in [0.25, 0.3) is 0 Å². The van der Waals surface area contributed by atoms with Crippen molar-refractivity contribution in [1.29, 1.82) is 0 Å². The van der Waals surface area contributed by atoms with Crippen molar-refractivity contribution >= 4 is 6.03 Å². The van der Waals surface area contributed by atoms with Crippen LogP contribution >= 0.6 is 0 Å². The van der Waals surface area contributed by atoms with Gasteiger partial charge in [-0.25, -0.2) is 4.79 Å². The van der Waals surface area contributed by atoms with E-state index in [1.54, 1.807) is 0 Å². The molecule has 4 heteroatoms. The lowest BCUT2D eigenvalue weighted by Gasteiger charge is -2.30. The van der Waals surface area contributed by atoms with E-state index in [0.717, 1.165) is 24.4 Å². The van der Waals surface area contributed by atoms with E-state index in [9.17, 15) is 4.79 Å². The first-order valence-electron chi connectivity index (χ1n) is 7.71. The first-order valence-corrected chi connectivity index (χ1v) is 7.71. The predicted octanol–water partition coefficient (Wildman–Crippen LogP) is 3.62. The number of aryl methyl sites for hydroxylation is 1. The third kappa shape index (κ3) is 2.84. The molecule has 1 aromatic heterocycles. The molecule has 0 bridgehead atoms. The van der Waals surface area contributed by atoms with Gasteiger partial charge < -0.3 is 14.6 Å². The van der Waals surface area contributed by atoms with Crippen molar-refractivity contribution in [3.63, 3.8) is 0 Å². The third-order valence-electron chi connectivity index (χ3n) is 4.45. The second-order valence-electron chi connectivity index (χ2n) is 6.34. The zero-order chi connectivity index (χ0) is 14.3. The van der Waals surface area contributed by atoms with Gasteiger partial charge in [0.25, 0.3) is 0 Å². The Hall–Kier alpha value is -1.45. The molecule has 2 amide bonds. The number of rotatable bonds is 5. The minimum Gasteiger partial charge on any atom is -0.464 e. The van der Waals surface area contributed by atoms with Gasteiger partial charge in [0.05, 0.1) is 6.04 Å². The van der Waals surface area contributed by atoms with Crippen molar-refractivity contribution in [2.75, 3.05) is 0 Å². The van der Waals surface area contributed by atoms with E-state index in [1.165, 1.54) is 12.8 Å². The van der Waals surface area contributed by atoms with Gasteiger partial charge in [-0.1, -0.05) is 0 Å². The van der Waals surface area contributed by atoms with Crippen LogP contribution < -0.4 is 5.32 Å². The van der Waals surface area contributed by atoms with E-state index < -0.39 is 0 Å². The van der Waals surface area contributed by atoms with Crippen LogP contribution in [0.3, 0.4) is 0 Å². The molecule has 2 aliphatic carbocycles. The zero-order valence-electron chi connectivity index (χ0n) is 12.6. The number of amides is 2. The van der Waals surface area contributed by atoms with Crippen LogP contribution in [0.1, 0.15) is 57.1 Å². The quantitative estimate of drug-likeness (QED) is 0.892. The molecule has 1 heterocycles. The Labute approximate surface area is 120 Å². The summed E-state index contributed by atoms with van der Waals surface area (Å²) in [6.07, 6.45) is 4.84. The van der Waals surface area contributed by atoms with Crippen LogP contribution in [0.4, 0.5) is 4.79 Å². The number of hydrogen-bond donors (Lipinski definition) is 1. The molecule has 0 aliphatic heterocycles. The number of carbonyl (C=O) groups is 1. The summed E-state index contributed by atoms with van der Waals surface area (Å²) < 4.78 is 5.59. The highest BCUT2D eigenvalue weighted by molar-refractivity contribution is 5.75. The molecule has 0 aromatic carbocycles. The number of carbonyl (C=O) groups excluding carboxylic acids is 1. The fraction of sp³-hybridized carbons (Fsp3) is 0.688. The van der Waals surface area contributed by atoms with Crippen LogP contribution in [0.5, 0.6) is 0 Å². The van der Waals surface area contributed by atoms with E-state index in [4.69, 9.17) is 4.42 Å². The molecule has 0 unspecified atom stereocenters. The highest BCUT2D eigenvalue weighted by Crippen LogP contribution is 2.39. The molecule has 20 heavy (non-hydrogen) atoms. The van der Waals surface area contributed by atoms with Gasteiger partial charge in [-0.05, 0) is 64.5 Å². The fourth-order valence-electron chi connectivity index (χ4n) is 2.86. The highest BCUT2D eigenvalue weighted by atomic mass is 16.3. The van der Waals surface area contributed by atoms with E-state index in [2.05, 4.69) is 17.1 Å². The molecule has 1 N–H and O–H groups in total. The van der Waals surface area contributed by atoms with Gasteiger partial charge in [-0.3, -0.25) is 0 Å². The molecule has 0 saturated heterocycles. The van der Waals surface area contributed by atoms with Crippen molar-refractivity contribution in [2.45, 2.75) is 64.6 Å². The third-order valence-corrected chi connectivity index (χ3v) is 4.45. The second kappa shape index (κ2) is 5.15. The van der Waals surface area contributed by atoms with Gasteiger partial charge >= 0.3 is 6.03 Å². The van der Waals surface area contributed by atoms with Gasteiger partial charge in [0.2, 0.25) is 0 Å². The summed E-state index contributed by atoms with van der Waals surface area (Å²) in [5.41, 5.74) is 0. The Morgan fingerprint density at radius 1 is 1.30 bits per heavy atom. The lowest BCUT2D eigenvalue weighted by Crippen LogP contribution is -2.47. The predicted molar refractivity (Wildman–Crippen MR) is 77.4 cm³/mol. The monoisotopic (exact) mass is 276 g/mol. The minimum absolute atomic E-state index is 0.0634. The average Bonchev–Trinajstić information content (AvgIpc) is 3.29. The van der Waals surface area contributed by atoms with Crippen molar-refractivity contribution < 1.29 is 9.21 Å². The summed E-state index contributed by atoms with van der Waals surface area (Å²) >= 11 is 0. The Kier molecular flexibility index (Phi) is 3.48. The molecule has 2 aliphatic rings. The standard InChI is InChI=1S/C16H24N2O2/c1-10-4-9-15(20-10)11(2)17-16(19)18(14-7-8-14)12(3)13-5-6-13/h4,9,11-14H,5-8H2,1-3H3,(H,17,19)/t11-,12+/m1/s1. The maximum absolute atomic E-state index is 12.6. The van der Waals surface area contributed by atoms with E-state index in [-0.39, 0.29) is 12.1 Å². The van der Waals surface area contributed by atoms with Crippen molar-refractivity contribution in [3.05, 3.63) is 23.7 Å². The lowest BCUT2D eigenvalue weighted by molar-refractivity contribution is 0.163. The second-order valence-corrected chi connectivity index (χ2v) is 6.34. The molecule has 1 aromatic rings. The molecular formula is C16H24N2O2. The molecule has 110 valence electrons. The van der Waals surface area contributed by atoms with E-state index in [1.807, 2.05) is 26.0 Å². The average molecular weight is 276 g/mol. The summed E-state index contributed by atoms with van der Waals surface area (Å²) in [5.74, 6) is 2.42. The summed E-state index contributed by atoms with van der Waals surface area (Å²) in [6.45, 7) is 6.09. The SMILES string of the molecule is Cc1ccc([C@@H](C)NC(=O)N(C2CC2)[C@@H](C)C2CC2)o1. The first kappa shape index (κ1) is 13.5. The Bertz CT molecular complexity index is 488. The minimum atomic E-state index is -0.0798. The fourth-order valence-corrected chi connectivity index (χ4v) is 2.86. The number of furan rings is 1. The van der Waals surface area contributed by atoms with E-state index >= 15 is 0 Å². The largest absolute Gasteiger partial charge is 0.464 e. The number of nitrogens with zero attached hydrogens (tertiary/aromatic N) is 1. The number of urea groups is 1. The van der Waals surface area contributed by atoms with Crippen molar-refractivity contribution in [2.24, 2.45) is 5.92 Å². The summed E-state index contributed by atoms with van der Waals surface area (Å²) in [6, 6.07) is 4.68. The normalized spacial score (nSPS) is 21.4. The van der Waals surface area contributed by atoms with Gasteiger partial charge in [0.1, 0.15) is 11.5 Å². The van der Waals surface area contributed by atoms with Crippen molar-refractivity contribution in [1.82, 2.24) is 10.2 Å². The molecule has 2 fully saturated rings. The highest BCUT2D eigenvalue weighted by Gasteiger charge is 2.42. The Balaban J connectivity index is 1.64. The molecule has 3 rings (SSSR count). The summed E-state index contributed by atoms with van der Waals surface area (Å²) in [5, 5.41) is 3.09. The molecule has 2 saturated carbocycles. The smallest absolute Gasteiger partial charge is 0.318 e. The maximum atomic E-state index is 12.6. The van der Waals surface area contributed by atoms with Crippen LogP contribution in [0.2, 0.25) is 0 Å². The number of hydrogen-bond acceptors (Lipinski definition) is 2. The molecule has 4 nitrogen and oxygen atoms in total. The zero-order valence-corrected chi connectivity index (χ0v) is 12.6. The van der Waals surface area contributed by atoms with E-state index in [0.29, 0.717) is 18.0 Å². The Morgan fingerprint density at radius 3 is 2.50 bits per heavy atom. The van der Waals surface area contributed by atoms with Crippen LogP contribution in [-0.2, 0) is 0 Å². The van der Waals surface area contributed by atoms with Gasteiger partial charge in [-0.2, -0.15) is 0 Å². The number of nitrogens with one attached hydrogen (secondary N) is 1. The Morgan fingerprint density at radius 2 is 2.00 bits per heavy atom. The summed E-state index contributed by atoms with van der Waals surface area (Å²) in [7, 11) is 0. The van der Waals surface area contributed by atoms with Gasteiger partial charge in [-0.15, -0.1) is 0 Å². The summed E-state index contributed by atoms with van der Waals surface area (Å²) in [4.78, 5) is 14.6. The lowest BCUT2D eigenvalue weighted by atomic mass is 10.2. The van der Waals surface area contributed by atoms with Crippen LogP contribution in [-0.4, -0.2) is 23.0 Å². The molecule has 0 radical (unpaired) electrons. The first-order chi connectivity index (χ1) is 9.56. The van der Waals surface area contributed by atoms with Gasteiger partial charge in [0.15, 0.2) is 0 Å². The topological polar surface area (TPSA) is 45.5 Å². The maximum Gasteiger partial charge on any atom is 0.318 e. The van der Waals surface area contributed by atoms with Crippen molar-refractivity contribution in [3.8, 4) is 0 Å². The molecule has 2 atom stereocenters.